The third-order valence-electron chi connectivity index (χ3n) is 4.82. The highest BCUT2D eigenvalue weighted by molar-refractivity contribution is 5.86. The molecule has 1 aliphatic rings. The fraction of sp³-hybridized carbons (Fsp3) is 0.286. The van der Waals surface area contributed by atoms with Crippen LogP contribution in [0.25, 0.3) is 0 Å². The second-order valence-corrected chi connectivity index (χ2v) is 6.59. The van der Waals surface area contributed by atoms with Gasteiger partial charge < -0.3 is 10.2 Å². The summed E-state index contributed by atoms with van der Waals surface area (Å²) in [7, 11) is 0. The number of alkyl halides is 3. The number of carbonyl (C=O) groups is 1. The van der Waals surface area contributed by atoms with Gasteiger partial charge in [-0.1, -0.05) is 36.9 Å². The highest BCUT2D eigenvalue weighted by Gasteiger charge is 2.30. The van der Waals surface area contributed by atoms with Crippen LogP contribution in [-0.2, 0) is 23.9 Å². The van der Waals surface area contributed by atoms with Gasteiger partial charge in [-0.05, 0) is 48.2 Å². The average Bonchev–Trinajstić information content (AvgIpc) is 2.66. The van der Waals surface area contributed by atoms with E-state index < -0.39 is 11.7 Å². The summed E-state index contributed by atoms with van der Waals surface area (Å²) in [4.78, 5) is 13.7. The Kier molecular flexibility index (Phi) is 5.54. The molecule has 3 nitrogen and oxygen atoms in total. The van der Waals surface area contributed by atoms with Gasteiger partial charge in [-0.15, -0.1) is 0 Å². The number of aryl methyl sites for hydroxylation is 1. The Balaban J connectivity index is 1.83. The zero-order valence-corrected chi connectivity index (χ0v) is 14.8. The Morgan fingerprint density at radius 1 is 1.19 bits per heavy atom. The number of hydrogen-bond donors (Lipinski definition) is 1. The van der Waals surface area contributed by atoms with Gasteiger partial charge in [0.05, 0.1) is 5.56 Å². The maximum Gasteiger partial charge on any atom is 0.416 e. The van der Waals surface area contributed by atoms with Crippen molar-refractivity contribution < 1.29 is 18.0 Å². The number of anilines is 1. The lowest BCUT2D eigenvalue weighted by Crippen LogP contribution is -2.46. The van der Waals surface area contributed by atoms with Crippen LogP contribution in [0.1, 0.15) is 23.1 Å². The molecule has 1 N–H and O–H groups in total. The van der Waals surface area contributed by atoms with E-state index in [0.717, 1.165) is 36.2 Å². The van der Waals surface area contributed by atoms with E-state index >= 15 is 0 Å². The highest BCUT2D eigenvalue weighted by Crippen LogP contribution is 2.33. The van der Waals surface area contributed by atoms with E-state index in [9.17, 15) is 18.0 Å². The predicted octanol–water partition coefficient (Wildman–Crippen LogP) is 4.33. The summed E-state index contributed by atoms with van der Waals surface area (Å²) in [6.07, 6.45) is -1.35. The molecule has 3 rings (SSSR count). The van der Waals surface area contributed by atoms with E-state index in [1.165, 1.54) is 23.8 Å². The van der Waals surface area contributed by atoms with Gasteiger partial charge in [0.15, 0.2) is 0 Å². The molecule has 2 aromatic rings. The lowest BCUT2D eigenvalue weighted by atomic mass is 9.94. The van der Waals surface area contributed by atoms with Crippen molar-refractivity contribution in [3.8, 4) is 0 Å². The second-order valence-electron chi connectivity index (χ2n) is 6.59. The fourth-order valence-corrected chi connectivity index (χ4v) is 3.39. The number of halogens is 3. The van der Waals surface area contributed by atoms with E-state index in [2.05, 4.69) is 22.9 Å². The molecule has 1 aliphatic heterocycles. The average molecular weight is 374 g/mol. The van der Waals surface area contributed by atoms with Gasteiger partial charge in [-0.2, -0.15) is 13.2 Å². The molecular formula is C21H21F3N2O. The van der Waals surface area contributed by atoms with E-state index in [1.54, 1.807) is 0 Å². The minimum atomic E-state index is -4.34. The number of para-hydroxylation sites is 1. The van der Waals surface area contributed by atoms with Crippen LogP contribution >= 0.6 is 0 Å². The minimum Gasteiger partial charge on any atom is -0.362 e. The molecule has 0 radical (unpaired) electrons. The number of benzene rings is 2. The van der Waals surface area contributed by atoms with Crippen molar-refractivity contribution in [2.45, 2.75) is 31.6 Å². The van der Waals surface area contributed by atoms with Gasteiger partial charge in [0, 0.05) is 24.8 Å². The van der Waals surface area contributed by atoms with Crippen molar-refractivity contribution in [1.29, 1.82) is 0 Å². The molecule has 1 amide bonds. The van der Waals surface area contributed by atoms with Gasteiger partial charge in [-0.25, -0.2) is 0 Å². The lowest BCUT2D eigenvalue weighted by Gasteiger charge is -2.39. The normalized spacial score (nSPS) is 16.6. The summed E-state index contributed by atoms with van der Waals surface area (Å²) < 4.78 is 38.4. The van der Waals surface area contributed by atoms with E-state index in [4.69, 9.17) is 0 Å². The van der Waals surface area contributed by atoms with Crippen molar-refractivity contribution in [1.82, 2.24) is 5.32 Å². The van der Waals surface area contributed by atoms with E-state index in [0.29, 0.717) is 13.1 Å². The standard InChI is InChI=1S/C21H21F3N2O/c1-2-20(27)25-13-18-12-9-16-5-3-4-6-19(16)26(18)14-15-7-10-17(11-8-15)21(22,23)24/h2-8,10-11,18H,1,9,12-14H2,(H,25,27). The molecule has 142 valence electrons. The molecule has 27 heavy (non-hydrogen) atoms. The molecule has 0 fully saturated rings. The monoisotopic (exact) mass is 374 g/mol. The van der Waals surface area contributed by atoms with Crippen molar-refractivity contribution in [2.75, 3.05) is 11.4 Å². The van der Waals surface area contributed by atoms with Gasteiger partial charge in [-0.3, -0.25) is 4.79 Å². The Morgan fingerprint density at radius 3 is 2.56 bits per heavy atom. The molecule has 1 unspecified atom stereocenters. The number of nitrogens with zero attached hydrogens (tertiary/aromatic N) is 1. The quantitative estimate of drug-likeness (QED) is 0.790. The summed E-state index contributed by atoms with van der Waals surface area (Å²) in [6.45, 7) is 4.39. The topological polar surface area (TPSA) is 32.3 Å². The molecule has 0 aromatic heterocycles. The molecule has 1 atom stereocenters. The summed E-state index contributed by atoms with van der Waals surface area (Å²) in [5.41, 5.74) is 2.40. The van der Waals surface area contributed by atoms with Crippen molar-refractivity contribution in [3.63, 3.8) is 0 Å². The second kappa shape index (κ2) is 7.86. The predicted molar refractivity (Wildman–Crippen MR) is 99.4 cm³/mol. The number of hydrogen-bond acceptors (Lipinski definition) is 2. The Labute approximate surface area is 156 Å². The molecular weight excluding hydrogens is 353 g/mol. The van der Waals surface area contributed by atoms with Crippen LogP contribution in [-0.4, -0.2) is 18.5 Å². The van der Waals surface area contributed by atoms with Crippen LogP contribution in [0, 0.1) is 0 Å². The zero-order valence-electron chi connectivity index (χ0n) is 14.8. The third-order valence-corrected chi connectivity index (χ3v) is 4.82. The first-order valence-electron chi connectivity index (χ1n) is 8.79. The van der Waals surface area contributed by atoms with E-state index in [1.807, 2.05) is 18.2 Å². The molecule has 6 heteroatoms. The lowest BCUT2D eigenvalue weighted by molar-refractivity contribution is -0.137. The van der Waals surface area contributed by atoms with Crippen LogP contribution in [0.4, 0.5) is 18.9 Å². The van der Waals surface area contributed by atoms with Gasteiger partial charge in [0.2, 0.25) is 5.91 Å². The largest absolute Gasteiger partial charge is 0.416 e. The van der Waals surface area contributed by atoms with Crippen LogP contribution in [0.15, 0.2) is 61.2 Å². The van der Waals surface area contributed by atoms with E-state index in [-0.39, 0.29) is 11.9 Å². The van der Waals surface area contributed by atoms with Crippen LogP contribution in [0.2, 0.25) is 0 Å². The smallest absolute Gasteiger partial charge is 0.362 e. The summed E-state index contributed by atoms with van der Waals surface area (Å²) in [5, 5.41) is 2.83. The Hall–Kier alpha value is -2.76. The summed E-state index contributed by atoms with van der Waals surface area (Å²) >= 11 is 0. The number of carbonyl (C=O) groups excluding carboxylic acids is 1. The highest BCUT2D eigenvalue weighted by atomic mass is 19.4. The first-order valence-corrected chi connectivity index (χ1v) is 8.79. The van der Waals surface area contributed by atoms with Crippen LogP contribution < -0.4 is 10.2 Å². The number of rotatable bonds is 5. The van der Waals surface area contributed by atoms with Crippen molar-refractivity contribution >= 4 is 11.6 Å². The number of fused-ring (bicyclic) bond motifs is 1. The zero-order chi connectivity index (χ0) is 19.4. The molecule has 0 bridgehead atoms. The summed E-state index contributed by atoms with van der Waals surface area (Å²) in [6, 6.07) is 13.3. The molecule has 0 saturated carbocycles. The van der Waals surface area contributed by atoms with Gasteiger partial charge in [0.1, 0.15) is 0 Å². The molecule has 2 aromatic carbocycles. The number of amides is 1. The molecule has 0 aliphatic carbocycles. The fourth-order valence-electron chi connectivity index (χ4n) is 3.39. The minimum absolute atomic E-state index is 0.0612. The van der Waals surface area contributed by atoms with Crippen LogP contribution in [0.5, 0.6) is 0 Å². The third kappa shape index (κ3) is 4.51. The van der Waals surface area contributed by atoms with Crippen LogP contribution in [0.3, 0.4) is 0 Å². The maximum atomic E-state index is 12.8. The first kappa shape index (κ1) is 19.0. The van der Waals surface area contributed by atoms with Gasteiger partial charge in [0.25, 0.3) is 0 Å². The molecule has 1 heterocycles. The summed E-state index contributed by atoms with van der Waals surface area (Å²) in [5.74, 6) is -0.233. The van der Waals surface area contributed by atoms with Gasteiger partial charge >= 0.3 is 6.18 Å². The van der Waals surface area contributed by atoms with Crippen molar-refractivity contribution in [2.24, 2.45) is 0 Å². The molecule has 0 saturated heterocycles. The van der Waals surface area contributed by atoms with Crippen molar-refractivity contribution in [3.05, 3.63) is 77.9 Å². The maximum absolute atomic E-state index is 12.8. The number of nitrogens with one attached hydrogen (secondary N) is 1. The first-order chi connectivity index (χ1) is 12.9. The Bertz CT molecular complexity index is 815. The molecule has 0 spiro atoms. The SMILES string of the molecule is C=CC(=O)NCC1CCc2ccccc2N1Cc1ccc(C(F)(F)F)cc1. The Morgan fingerprint density at radius 2 is 1.89 bits per heavy atom.